The highest BCUT2D eigenvalue weighted by atomic mass is 16.5. The minimum absolute atomic E-state index is 0.583. The Kier molecular flexibility index (Phi) is 4.60. The van der Waals surface area contributed by atoms with Crippen molar-refractivity contribution in [2.24, 2.45) is 0 Å². The molecule has 0 aliphatic carbocycles. The molecule has 0 radical (unpaired) electrons. The average molecular weight is 207 g/mol. The Bertz CT molecular complexity index is 326. The van der Waals surface area contributed by atoms with Crippen LogP contribution in [0, 0.1) is 6.92 Å². The smallest absolute Gasteiger partial charge is 0.225 e. The van der Waals surface area contributed by atoms with E-state index in [1.165, 1.54) is 0 Å². The summed E-state index contributed by atoms with van der Waals surface area (Å²) < 4.78 is 5.54. The third-order valence-corrected chi connectivity index (χ3v) is 1.94. The number of aryl methyl sites for hydroxylation is 1. The van der Waals surface area contributed by atoms with Crippen molar-refractivity contribution in [3.05, 3.63) is 24.4 Å². The number of hydrogen-bond donors (Lipinski definition) is 1. The van der Waals surface area contributed by atoms with Crippen molar-refractivity contribution in [2.75, 3.05) is 19.0 Å². The van der Waals surface area contributed by atoms with Crippen LogP contribution < -0.4 is 10.1 Å². The number of ether oxygens (including phenoxy) is 1. The van der Waals surface area contributed by atoms with Crippen LogP contribution in [0.2, 0.25) is 0 Å². The van der Waals surface area contributed by atoms with Gasteiger partial charge in [0, 0.05) is 18.8 Å². The number of aromatic nitrogens is 2. The third kappa shape index (κ3) is 3.58. The molecule has 1 aromatic heterocycles. The highest BCUT2D eigenvalue weighted by molar-refractivity contribution is 5.31. The first-order chi connectivity index (χ1) is 7.27. The maximum absolute atomic E-state index is 5.54. The molecule has 0 aromatic carbocycles. The number of unbranched alkanes of at least 4 members (excludes halogenated alkanes) is 1. The van der Waals surface area contributed by atoms with Crippen molar-refractivity contribution in [2.45, 2.75) is 19.8 Å². The Morgan fingerprint density at radius 2 is 2.40 bits per heavy atom. The summed E-state index contributed by atoms with van der Waals surface area (Å²) >= 11 is 0. The van der Waals surface area contributed by atoms with Gasteiger partial charge in [-0.05, 0) is 19.8 Å². The Balaban J connectivity index is 2.54. The molecule has 0 fully saturated rings. The zero-order valence-electron chi connectivity index (χ0n) is 9.29. The van der Waals surface area contributed by atoms with Gasteiger partial charge in [0.05, 0.1) is 6.61 Å². The van der Waals surface area contributed by atoms with Gasteiger partial charge in [-0.1, -0.05) is 6.08 Å². The molecule has 1 rings (SSSR count). The van der Waals surface area contributed by atoms with Crippen LogP contribution in [0.5, 0.6) is 5.88 Å². The third-order valence-electron chi connectivity index (χ3n) is 1.94. The van der Waals surface area contributed by atoms with Gasteiger partial charge < -0.3 is 10.1 Å². The molecule has 82 valence electrons. The Labute approximate surface area is 90.4 Å². The second-order valence-electron chi connectivity index (χ2n) is 3.21. The molecule has 0 spiro atoms. The minimum Gasteiger partial charge on any atom is -0.477 e. The van der Waals surface area contributed by atoms with E-state index in [0.717, 1.165) is 18.4 Å². The molecule has 0 unspecified atom stereocenters. The monoisotopic (exact) mass is 207 g/mol. The fourth-order valence-electron chi connectivity index (χ4n) is 1.09. The van der Waals surface area contributed by atoms with Crippen molar-refractivity contribution >= 4 is 5.95 Å². The lowest BCUT2D eigenvalue weighted by Crippen LogP contribution is -2.04. The zero-order chi connectivity index (χ0) is 11.1. The van der Waals surface area contributed by atoms with Crippen LogP contribution in [0.4, 0.5) is 5.95 Å². The summed E-state index contributed by atoms with van der Waals surface area (Å²) in [5.41, 5.74) is 0.951. The van der Waals surface area contributed by atoms with Crippen molar-refractivity contribution in [3.63, 3.8) is 0 Å². The molecule has 0 aliphatic heterocycles. The first-order valence-electron chi connectivity index (χ1n) is 5.03. The average Bonchev–Trinajstić information content (AvgIpc) is 2.26. The van der Waals surface area contributed by atoms with Gasteiger partial charge in [0.15, 0.2) is 0 Å². The van der Waals surface area contributed by atoms with Gasteiger partial charge in [0.1, 0.15) is 0 Å². The van der Waals surface area contributed by atoms with Crippen LogP contribution in [0.3, 0.4) is 0 Å². The molecule has 0 amide bonds. The first-order valence-corrected chi connectivity index (χ1v) is 5.03. The Morgan fingerprint density at radius 1 is 1.60 bits per heavy atom. The summed E-state index contributed by atoms with van der Waals surface area (Å²) in [7, 11) is 1.78. The molecular formula is C11H17N3O. The summed E-state index contributed by atoms with van der Waals surface area (Å²) in [5, 5.41) is 2.88. The van der Waals surface area contributed by atoms with Crippen LogP contribution in [0.25, 0.3) is 0 Å². The first kappa shape index (κ1) is 11.5. The van der Waals surface area contributed by atoms with Crippen molar-refractivity contribution < 1.29 is 4.74 Å². The van der Waals surface area contributed by atoms with Crippen molar-refractivity contribution in [3.8, 4) is 5.88 Å². The minimum atomic E-state index is 0.583. The fraction of sp³-hybridized carbons (Fsp3) is 0.455. The summed E-state index contributed by atoms with van der Waals surface area (Å²) in [6.07, 6.45) is 5.56. The van der Waals surface area contributed by atoms with Gasteiger partial charge in [-0.25, -0.2) is 4.98 Å². The van der Waals surface area contributed by atoms with Crippen molar-refractivity contribution in [1.29, 1.82) is 0 Å². The number of allylic oxidation sites excluding steroid dienone is 1. The molecule has 4 heteroatoms. The summed E-state index contributed by atoms with van der Waals surface area (Å²) in [4.78, 5) is 8.30. The molecule has 4 nitrogen and oxygen atoms in total. The number of rotatable bonds is 6. The van der Waals surface area contributed by atoms with E-state index < -0.39 is 0 Å². The van der Waals surface area contributed by atoms with Gasteiger partial charge in [0.2, 0.25) is 11.8 Å². The zero-order valence-corrected chi connectivity index (χ0v) is 9.29. The SMILES string of the molecule is C=CCCCOc1nc(NC)ncc1C. The van der Waals surface area contributed by atoms with Gasteiger partial charge >= 0.3 is 0 Å². The highest BCUT2D eigenvalue weighted by Gasteiger charge is 2.03. The summed E-state index contributed by atoms with van der Waals surface area (Å²) in [6, 6.07) is 0. The van der Waals surface area contributed by atoms with Crippen LogP contribution in [-0.2, 0) is 0 Å². The molecule has 1 aromatic rings. The van der Waals surface area contributed by atoms with Crippen molar-refractivity contribution in [1.82, 2.24) is 9.97 Å². The van der Waals surface area contributed by atoms with E-state index in [9.17, 15) is 0 Å². The molecule has 15 heavy (non-hydrogen) atoms. The van der Waals surface area contributed by atoms with Gasteiger partial charge in [-0.15, -0.1) is 6.58 Å². The predicted octanol–water partition coefficient (Wildman–Crippen LogP) is 2.17. The standard InChI is InChI=1S/C11H17N3O/c1-4-5-6-7-15-10-9(2)8-13-11(12-3)14-10/h4,8H,1,5-7H2,2-3H3,(H,12,13,14). The molecular weight excluding hydrogens is 190 g/mol. The number of anilines is 1. The predicted molar refractivity (Wildman–Crippen MR) is 61.2 cm³/mol. The van der Waals surface area contributed by atoms with Gasteiger partial charge in [-0.2, -0.15) is 4.98 Å². The Morgan fingerprint density at radius 3 is 3.07 bits per heavy atom. The molecule has 0 saturated heterocycles. The quantitative estimate of drug-likeness (QED) is 0.573. The van der Waals surface area contributed by atoms with E-state index in [2.05, 4.69) is 21.9 Å². The molecule has 0 aliphatic rings. The van der Waals surface area contributed by atoms with E-state index in [1.54, 1.807) is 13.2 Å². The summed E-state index contributed by atoms with van der Waals surface area (Å²) in [6.45, 7) is 6.25. The largest absolute Gasteiger partial charge is 0.477 e. The Hall–Kier alpha value is -1.58. The van der Waals surface area contributed by atoms with Crippen LogP contribution in [-0.4, -0.2) is 23.6 Å². The molecule has 0 atom stereocenters. The maximum Gasteiger partial charge on any atom is 0.225 e. The van der Waals surface area contributed by atoms with Gasteiger partial charge in [0.25, 0.3) is 0 Å². The molecule has 0 saturated carbocycles. The number of nitrogens with one attached hydrogen (secondary N) is 1. The molecule has 1 N–H and O–H groups in total. The lowest BCUT2D eigenvalue weighted by Gasteiger charge is -2.08. The lowest BCUT2D eigenvalue weighted by molar-refractivity contribution is 0.298. The van der Waals surface area contributed by atoms with Crippen LogP contribution in [0.15, 0.2) is 18.9 Å². The highest BCUT2D eigenvalue weighted by Crippen LogP contribution is 2.15. The van der Waals surface area contributed by atoms with E-state index in [-0.39, 0.29) is 0 Å². The number of hydrogen-bond acceptors (Lipinski definition) is 4. The van der Waals surface area contributed by atoms with E-state index >= 15 is 0 Å². The lowest BCUT2D eigenvalue weighted by atomic mass is 10.3. The van der Waals surface area contributed by atoms with E-state index in [0.29, 0.717) is 18.4 Å². The molecule has 1 heterocycles. The van der Waals surface area contributed by atoms with E-state index in [1.807, 2.05) is 13.0 Å². The maximum atomic E-state index is 5.54. The second-order valence-corrected chi connectivity index (χ2v) is 3.21. The number of nitrogens with zero attached hydrogens (tertiary/aromatic N) is 2. The molecule has 0 bridgehead atoms. The van der Waals surface area contributed by atoms with Crippen LogP contribution in [0.1, 0.15) is 18.4 Å². The van der Waals surface area contributed by atoms with Gasteiger partial charge in [-0.3, -0.25) is 0 Å². The fourth-order valence-corrected chi connectivity index (χ4v) is 1.09. The topological polar surface area (TPSA) is 47.0 Å². The van der Waals surface area contributed by atoms with Crippen LogP contribution >= 0.6 is 0 Å². The second kappa shape index (κ2) is 6.01. The summed E-state index contributed by atoms with van der Waals surface area (Å²) in [5.74, 6) is 1.23. The normalized spacial score (nSPS) is 9.73. The van der Waals surface area contributed by atoms with E-state index in [4.69, 9.17) is 4.74 Å².